The first kappa shape index (κ1) is 15.6. The smallest absolute Gasteiger partial charge is 0.227 e. The van der Waals surface area contributed by atoms with Gasteiger partial charge in [-0.05, 0) is 31.6 Å². The van der Waals surface area contributed by atoms with Crippen molar-refractivity contribution in [1.29, 1.82) is 0 Å². The Morgan fingerprint density at radius 2 is 2.22 bits per heavy atom. The van der Waals surface area contributed by atoms with Crippen molar-refractivity contribution < 1.29 is 4.79 Å². The van der Waals surface area contributed by atoms with Crippen LogP contribution in [-0.2, 0) is 4.79 Å². The fraction of sp³-hybridized carbons (Fsp3) is 0.786. The molecular formula is C14H26N2OS. The Morgan fingerprint density at radius 3 is 2.78 bits per heavy atom. The van der Waals surface area contributed by atoms with Crippen LogP contribution in [0.15, 0.2) is 12.7 Å². The van der Waals surface area contributed by atoms with Gasteiger partial charge in [0.1, 0.15) is 0 Å². The highest BCUT2D eigenvalue weighted by atomic mass is 32.2. The molecule has 0 aromatic rings. The van der Waals surface area contributed by atoms with E-state index >= 15 is 0 Å². The van der Waals surface area contributed by atoms with E-state index in [0.717, 1.165) is 49.7 Å². The van der Waals surface area contributed by atoms with Crippen molar-refractivity contribution in [2.24, 2.45) is 17.1 Å². The molecule has 0 spiro atoms. The normalized spacial score (nSPS) is 27.8. The summed E-state index contributed by atoms with van der Waals surface area (Å²) < 4.78 is 0. The predicted octanol–water partition coefficient (Wildman–Crippen LogP) is 2.18. The van der Waals surface area contributed by atoms with Crippen molar-refractivity contribution in [1.82, 2.24) is 5.32 Å². The number of amides is 1. The third kappa shape index (κ3) is 4.32. The Bertz CT molecular complexity index is 273. The summed E-state index contributed by atoms with van der Waals surface area (Å²) in [5, 5.41) is 3.04. The fourth-order valence-electron chi connectivity index (χ4n) is 2.43. The van der Waals surface area contributed by atoms with Crippen molar-refractivity contribution in [3.63, 3.8) is 0 Å². The molecule has 18 heavy (non-hydrogen) atoms. The molecule has 0 heterocycles. The molecule has 4 heteroatoms. The average molecular weight is 270 g/mol. The number of hydrogen-bond acceptors (Lipinski definition) is 3. The zero-order valence-corrected chi connectivity index (χ0v) is 12.2. The SMILES string of the molecule is C=CCSCCNC(=O)C1(CN)CCC(C)CC1. The molecule has 1 rings (SSSR count). The second-order valence-electron chi connectivity index (χ2n) is 5.29. The molecule has 1 aliphatic carbocycles. The van der Waals surface area contributed by atoms with E-state index in [-0.39, 0.29) is 11.3 Å². The topological polar surface area (TPSA) is 55.1 Å². The first-order chi connectivity index (χ1) is 8.64. The Hall–Kier alpha value is -0.480. The number of hydrogen-bond donors (Lipinski definition) is 2. The third-order valence-electron chi connectivity index (χ3n) is 3.87. The first-order valence-corrected chi connectivity index (χ1v) is 7.97. The maximum absolute atomic E-state index is 12.3. The summed E-state index contributed by atoms with van der Waals surface area (Å²) in [6, 6.07) is 0. The van der Waals surface area contributed by atoms with Crippen molar-refractivity contribution in [2.45, 2.75) is 32.6 Å². The standard InChI is InChI=1S/C14H26N2OS/c1-3-9-18-10-8-16-13(17)14(11-15)6-4-12(2)5-7-14/h3,12H,1,4-11,15H2,2H3,(H,16,17). The van der Waals surface area contributed by atoms with Gasteiger partial charge in [-0.25, -0.2) is 0 Å². The van der Waals surface area contributed by atoms with Gasteiger partial charge in [0.15, 0.2) is 0 Å². The molecule has 104 valence electrons. The molecular weight excluding hydrogens is 244 g/mol. The lowest BCUT2D eigenvalue weighted by Gasteiger charge is -2.37. The summed E-state index contributed by atoms with van der Waals surface area (Å²) in [6.45, 7) is 7.14. The van der Waals surface area contributed by atoms with Crippen LogP contribution in [0.4, 0.5) is 0 Å². The molecule has 3 N–H and O–H groups in total. The first-order valence-electron chi connectivity index (χ1n) is 6.81. The van der Waals surface area contributed by atoms with E-state index in [1.165, 1.54) is 0 Å². The third-order valence-corrected chi connectivity index (χ3v) is 4.84. The zero-order chi connectivity index (χ0) is 13.4. The molecule has 1 saturated carbocycles. The Balaban J connectivity index is 2.35. The van der Waals surface area contributed by atoms with E-state index in [0.29, 0.717) is 6.54 Å². The minimum absolute atomic E-state index is 0.163. The lowest BCUT2D eigenvalue weighted by molar-refractivity contribution is -0.132. The van der Waals surface area contributed by atoms with Gasteiger partial charge in [0.2, 0.25) is 5.91 Å². The van der Waals surface area contributed by atoms with Crippen LogP contribution in [0.1, 0.15) is 32.6 Å². The van der Waals surface area contributed by atoms with Crippen molar-refractivity contribution >= 4 is 17.7 Å². The maximum atomic E-state index is 12.3. The second kappa shape index (κ2) is 7.85. The summed E-state index contributed by atoms with van der Waals surface area (Å²) in [5.41, 5.74) is 5.56. The van der Waals surface area contributed by atoms with E-state index in [1.54, 1.807) is 11.8 Å². The van der Waals surface area contributed by atoms with Crippen LogP contribution in [0.3, 0.4) is 0 Å². The largest absolute Gasteiger partial charge is 0.355 e. The minimum atomic E-state index is -0.296. The van der Waals surface area contributed by atoms with Gasteiger partial charge in [0.05, 0.1) is 5.41 Å². The highest BCUT2D eigenvalue weighted by Crippen LogP contribution is 2.38. The molecule has 0 aromatic carbocycles. The number of rotatable bonds is 7. The molecule has 1 amide bonds. The Kier molecular flexibility index (Phi) is 6.79. The number of carbonyl (C=O) groups excluding carboxylic acids is 1. The van der Waals surface area contributed by atoms with Gasteiger partial charge in [-0.15, -0.1) is 6.58 Å². The number of carbonyl (C=O) groups is 1. The van der Waals surface area contributed by atoms with Gasteiger partial charge in [-0.1, -0.05) is 13.0 Å². The lowest BCUT2D eigenvalue weighted by atomic mass is 9.70. The molecule has 0 radical (unpaired) electrons. The van der Waals surface area contributed by atoms with Gasteiger partial charge in [0, 0.05) is 24.6 Å². The molecule has 0 aliphatic heterocycles. The second-order valence-corrected chi connectivity index (χ2v) is 6.44. The van der Waals surface area contributed by atoms with Crippen LogP contribution in [-0.4, -0.2) is 30.5 Å². The lowest BCUT2D eigenvalue weighted by Crippen LogP contribution is -2.48. The average Bonchev–Trinajstić information content (AvgIpc) is 2.39. The number of nitrogens with two attached hydrogens (primary N) is 1. The van der Waals surface area contributed by atoms with E-state index in [2.05, 4.69) is 18.8 Å². The van der Waals surface area contributed by atoms with E-state index < -0.39 is 0 Å². The molecule has 0 atom stereocenters. The Morgan fingerprint density at radius 1 is 1.56 bits per heavy atom. The molecule has 0 bridgehead atoms. The fourth-order valence-corrected chi connectivity index (χ4v) is 3.01. The van der Waals surface area contributed by atoms with Crippen LogP contribution in [0.2, 0.25) is 0 Å². The quantitative estimate of drug-likeness (QED) is 0.551. The molecule has 0 aromatic heterocycles. The van der Waals surface area contributed by atoms with Crippen molar-refractivity contribution in [3.05, 3.63) is 12.7 Å². The monoisotopic (exact) mass is 270 g/mol. The summed E-state index contributed by atoms with van der Waals surface area (Å²) in [4.78, 5) is 12.3. The van der Waals surface area contributed by atoms with E-state index in [9.17, 15) is 4.79 Å². The molecule has 0 unspecified atom stereocenters. The Labute approximate surface area is 115 Å². The van der Waals surface area contributed by atoms with Crippen LogP contribution in [0, 0.1) is 11.3 Å². The molecule has 3 nitrogen and oxygen atoms in total. The summed E-state index contributed by atoms with van der Waals surface area (Å²) in [5.74, 6) is 2.78. The summed E-state index contributed by atoms with van der Waals surface area (Å²) in [7, 11) is 0. The van der Waals surface area contributed by atoms with Gasteiger partial charge < -0.3 is 11.1 Å². The highest BCUT2D eigenvalue weighted by molar-refractivity contribution is 7.99. The van der Waals surface area contributed by atoms with Crippen LogP contribution >= 0.6 is 11.8 Å². The minimum Gasteiger partial charge on any atom is -0.355 e. The van der Waals surface area contributed by atoms with Gasteiger partial charge in [-0.2, -0.15) is 11.8 Å². The maximum Gasteiger partial charge on any atom is 0.227 e. The van der Waals surface area contributed by atoms with E-state index in [1.807, 2.05) is 6.08 Å². The summed E-state index contributed by atoms with van der Waals surface area (Å²) >= 11 is 1.78. The number of thioether (sulfide) groups is 1. The van der Waals surface area contributed by atoms with Crippen molar-refractivity contribution in [3.8, 4) is 0 Å². The van der Waals surface area contributed by atoms with E-state index in [4.69, 9.17) is 5.73 Å². The van der Waals surface area contributed by atoms with Crippen LogP contribution < -0.4 is 11.1 Å². The van der Waals surface area contributed by atoms with Gasteiger partial charge >= 0.3 is 0 Å². The summed E-state index contributed by atoms with van der Waals surface area (Å²) in [6.07, 6.45) is 6.01. The van der Waals surface area contributed by atoms with Crippen LogP contribution in [0.5, 0.6) is 0 Å². The van der Waals surface area contributed by atoms with Crippen molar-refractivity contribution in [2.75, 3.05) is 24.6 Å². The molecule has 1 fully saturated rings. The van der Waals surface area contributed by atoms with Crippen LogP contribution in [0.25, 0.3) is 0 Å². The zero-order valence-electron chi connectivity index (χ0n) is 11.4. The number of nitrogens with one attached hydrogen (secondary N) is 1. The molecule has 0 saturated heterocycles. The van der Waals surface area contributed by atoms with Gasteiger partial charge in [0.25, 0.3) is 0 Å². The highest BCUT2D eigenvalue weighted by Gasteiger charge is 2.39. The molecule has 1 aliphatic rings. The predicted molar refractivity (Wildman–Crippen MR) is 79.7 cm³/mol. The van der Waals surface area contributed by atoms with Gasteiger partial charge in [-0.3, -0.25) is 4.79 Å².